The van der Waals surface area contributed by atoms with E-state index in [1.165, 1.54) is 44.9 Å². The number of rotatable bonds is 43. The molecule has 5 heteroatoms. The van der Waals surface area contributed by atoms with Gasteiger partial charge in [-0.25, -0.2) is 0 Å². The van der Waals surface area contributed by atoms with Gasteiger partial charge in [-0.3, -0.25) is 9.59 Å². The van der Waals surface area contributed by atoms with Gasteiger partial charge in [-0.15, -0.1) is 0 Å². The summed E-state index contributed by atoms with van der Waals surface area (Å²) in [5, 5.41) is 0. The van der Waals surface area contributed by atoms with Crippen molar-refractivity contribution in [2.75, 3.05) is 19.8 Å². The highest BCUT2D eigenvalue weighted by atomic mass is 16.6. The molecular formula is C57H90O5. The van der Waals surface area contributed by atoms with Crippen LogP contribution in [0.2, 0.25) is 0 Å². The van der Waals surface area contributed by atoms with Gasteiger partial charge in [-0.1, -0.05) is 199 Å². The lowest BCUT2D eigenvalue weighted by Gasteiger charge is -2.18. The number of carbonyl (C=O) groups is 2. The minimum absolute atomic E-state index is 0.00714. The molecule has 0 fully saturated rings. The Bertz CT molecular complexity index is 1330. The molecule has 0 aromatic heterocycles. The summed E-state index contributed by atoms with van der Waals surface area (Å²) in [4.78, 5) is 25.3. The van der Waals surface area contributed by atoms with E-state index in [-0.39, 0.29) is 31.6 Å². The first-order chi connectivity index (χ1) is 30.6. The second kappa shape index (κ2) is 51.4. The van der Waals surface area contributed by atoms with Crippen LogP contribution in [0.5, 0.6) is 0 Å². The Morgan fingerprint density at radius 2 is 0.726 bits per heavy atom. The summed E-state index contributed by atoms with van der Waals surface area (Å²) in [6.45, 7) is 7.31. The monoisotopic (exact) mass is 855 g/mol. The predicted molar refractivity (Wildman–Crippen MR) is 269 cm³/mol. The zero-order valence-electron chi connectivity index (χ0n) is 39.8. The molecule has 0 aromatic carbocycles. The van der Waals surface area contributed by atoms with E-state index >= 15 is 0 Å². The Hall–Kier alpha value is -3.96. The van der Waals surface area contributed by atoms with Crippen LogP contribution >= 0.6 is 0 Å². The van der Waals surface area contributed by atoms with Crippen molar-refractivity contribution in [1.29, 1.82) is 0 Å². The molecule has 0 aliphatic carbocycles. The van der Waals surface area contributed by atoms with Crippen molar-refractivity contribution >= 4 is 11.9 Å². The largest absolute Gasteiger partial charge is 0.461 e. The third kappa shape index (κ3) is 48.7. The molecule has 0 spiro atoms. The fourth-order valence-corrected chi connectivity index (χ4v) is 6.14. The minimum Gasteiger partial charge on any atom is -0.461 e. The molecule has 5 nitrogen and oxygen atoms in total. The van der Waals surface area contributed by atoms with Gasteiger partial charge >= 0.3 is 11.9 Å². The fraction of sp³-hybridized carbons (Fsp3) is 0.579. The molecule has 1 unspecified atom stereocenters. The van der Waals surface area contributed by atoms with Gasteiger partial charge in [0, 0.05) is 13.0 Å². The number of esters is 2. The lowest BCUT2D eigenvalue weighted by Crippen LogP contribution is -2.30. The van der Waals surface area contributed by atoms with Gasteiger partial charge in [-0.2, -0.15) is 0 Å². The molecular weight excluding hydrogens is 765 g/mol. The first-order valence-electron chi connectivity index (χ1n) is 24.7. The average Bonchev–Trinajstić information content (AvgIpc) is 3.27. The van der Waals surface area contributed by atoms with Crippen molar-refractivity contribution in [3.63, 3.8) is 0 Å². The van der Waals surface area contributed by atoms with Crippen LogP contribution in [0.25, 0.3) is 0 Å². The van der Waals surface area contributed by atoms with Crippen LogP contribution in [0.1, 0.15) is 188 Å². The van der Waals surface area contributed by atoms with Crippen molar-refractivity contribution in [3.8, 4) is 0 Å². The van der Waals surface area contributed by atoms with E-state index < -0.39 is 6.10 Å². The van der Waals surface area contributed by atoms with Gasteiger partial charge in [0.2, 0.25) is 0 Å². The minimum atomic E-state index is -0.604. The van der Waals surface area contributed by atoms with E-state index in [2.05, 4.69) is 142 Å². The van der Waals surface area contributed by atoms with Gasteiger partial charge in [0.1, 0.15) is 6.61 Å². The first kappa shape index (κ1) is 58.0. The van der Waals surface area contributed by atoms with E-state index in [1.54, 1.807) is 0 Å². The quantitative estimate of drug-likeness (QED) is 0.0347. The van der Waals surface area contributed by atoms with Crippen molar-refractivity contribution in [2.45, 2.75) is 194 Å². The van der Waals surface area contributed by atoms with Crippen LogP contribution in [-0.2, 0) is 23.8 Å². The maximum absolute atomic E-state index is 12.8. The number of carbonyl (C=O) groups excluding carboxylic acids is 2. The zero-order chi connectivity index (χ0) is 44.9. The lowest BCUT2D eigenvalue weighted by molar-refractivity contribution is -0.162. The summed E-state index contributed by atoms with van der Waals surface area (Å²) >= 11 is 0. The Morgan fingerprint density at radius 1 is 0.371 bits per heavy atom. The standard InChI is InChI=1S/C57H90O5/c1-4-7-10-13-16-19-22-25-27-28-29-31-34-37-40-43-46-49-52-60-53-55(62-57(59)51-48-45-42-39-36-32-24-21-18-15-12-9-6-3)54-61-56(58)50-47-44-41-38-35-33-30-26-23-20-17-14-11-8-5-2/h7-12,16-21,25-27,30,32,35-36,38,44,47,55H,4-6,13-15,22-24,28-29,31,33-34,37,39-43,45-46,48-54H2,1-3H3/b10-7-,11-8-,12-9-,19-16-,20-17-,21-18-,27-25-,30-26-,36-32-,38-35-,47-44-. The molecule has 1 atom stereocenters. The van der Waals surface area contributed by atoms with Gasteiger partial charge in [-0.05, 0) is 109 Å². The second-order valence-electron chi connectivity index (χ2n) is 15.6. The summed E-state index contributed by atoms with van der Waals surface area (Å²) in [6, 6.07) is 0. The Labute approximate surface area is 381 Å². The normalized spacial score (nSPS) is 13.4. The highest BCUT2D eigenvalue weighted by molar-refractivity contribution is 5.71. The summed E-state index contributed by atoms with van der Waals surface area (Å²) in [5.41, 5.74) is 0. The topological polar surface area (TPSA) is 61.8 Å². The summed E-state index contributed by atoms with van der Waals surface area (Å²) in [5.74, 6) is -0.593. The maximum atomic E-state index is 12.8. The van der Waals surface area contributed by atoms with Crippen LogP contribution < -0.4 is 0 Å². The fourth-order valence-electron chi connectivity index (χ4n) is 6.14. The molecule has 0 saturated carbocycles. The van der Waals surface area contributed by atoms with Crippen LogP contribution in [0.4, 0.5) is 0 Å². The van der Waals surface area contributed by atoms with Crippen LogP contribution in [0.3, 0.4) is 0 Å². The maximum Gasteiger partial charge on any atom is 0.309 e. The van der Waals surface area contributed by atoms with E-state index in [9.17, 15) is 9.59 Å². The van der Waals surface area contributed by atoms with E-state index in [0.29, 0.717) is 13.0 Å². The predicted octanol–water partition coefficient (Wildman–Crippen LogP) is 16.8. The van der Waals surface area contributed by atoms with E-state index in [1.807, 2.05) is 12.2 Å². The highest BCUT2D eigenvalue weighted by Gasteiger charge is 2.17. The van der Waals surface area contributed by atoms with Crippen molar-refractivity contribution in [1.82, 2.24) is 0 Å². The van der Waals surface area contributed by atoms with Crippen molar-refractivity contribution in [3.05, 3.63) is 134 Å². The van der Waals surface area contributed by atoms with E-state index in [0.717, 1.165) is 109 Å². The van der Waals surface area contributed by atoms with Crippen molar-refractivity contribution in [2.24, 2.45) is 0 Å². The van der Waals surface area contributed by atoms with Gasteiger partial charge in [0.15, 0.2) is 6.10 Å². The second-order valence-corrected chi connectivity index (χ2v) is 15.6. The van der Waals surface area contributed by atoms with Crippen LogP contribution in [0, 0.1) is 0 Å². The van der Waals surface area contributed by atoms with Gasteiger partial charge in [0.05, 0.1) is 13.0 Å². The Kier molecular flexibility index (Phi) is 48.1. The Morgan fingerprint density at radius 3 is 1.16 bits per heavy atom. The molecule has 62 heavy (non-hydrogen) atoms. The summed E-state index contributed by atoms with van der Waals surface area (Å²) in [6.07, 6.45) is 73.4. The van der Waals surface area contributed by atoms with Crippen LogP contribution in [-0.4, -0.2) is 37.9 Å². The Balaban J connectivity index is 4.45. The molecule has 348 valence electrons. The average molecular weight is 855 g/mol. The number of hydrogen-bond acceptors (Lipinski definition) is 5. The van der Waals surface area contributed by atoms with Gasteiger partial charge in [0.25, 0.3) is 0 Å². The smallest absolute Gasteiger partial charge is 0.309 e. The molecule has 0 heterocycles. The van der Waals surface area contributed by atoms with Crippen molar-refractivity contribution < 1.29 is 23.8 Å². The molecule has 0 amide bonds. The third-order valence-corrected chi connectivity index (χ3v) is 9.70. The zero-order valence-corrected chi connectivity index (χ0v) is 39.8. The van der Waals surface area contributed by atoms with E-state index in [4.69, 9.17) is 14.2 Å². The number of unbranched alkanes of at least 4 members (excludes halogenated alkanes) is 11. The number of hydrogen-bond donors (Lipinski definition) is 0. The lowest BCUT2D eigenvalue weighted by atomic mass is 10.1. The molecule has 0 radical (unpaired) electrons. The summed E-state index contributed by atoms with van der Waals surface area (Å²) < 4.78 is 17.2. The first-order valence-corrected chi connectivity index (χ1v) is 24.7. The number of allylic oxidation sites excluding steroid dienone is 21. The molecule has 0 aliphatic heterocycles. The van der Waals surface area contributed by atoms with Crippen LogP contribution in [0.15, 0.2) is 134 Å². The SMILES string of the molecule is CC/C=C\C/C=C\C/C=C\C/C=C\C/C=C\CC(=O)OCC(COCCCCCCCCCC/C=C\C/C=C\C/C=C\CC)OC(=O)CCCCC/C=C\C/C=C\C/C=C\CC. The molecule has 0 saturated heterocycles. The third-order valence-electron chi connectivity index (χ3n) is 9.70. The summed E-state index contributed by atoms with van der Waals surface area (Å²) in [7, 11) is 0. The molecule has 0 rings (SSSR count). The molecule has 0 N–H and O–H groups in total. The highest BCUT2D eigenvalue weighted by Crippen LogP contribution is 2.12. The molecule has 0 aromatic rings. The molecule has 0 aliphatic rings. The number of ether oxygens (including phenoxy) is 3. The van der Waals surface area contributed by atoms with Gasteiger partial charge < -0.3 is 14.2 Å². The molecule has 0 bridgehead atoms.